The molecule has 1 atom stereocenters. The molecule has 1 N–H and O–H groups in total. The van der Waals surface area contributed by atoms with Crippen LogP contribution in [0.4, 0.5) is 11.4 Å². The summed E-state index contributed by atoms with van der Waals surface area (Å²) in [6.07, 6.45) is 6.54. The van der Waals surface area contributed by atoms with E-state index in [1.54, 1.807) is 0 Å². The summed E-state index contributed by atoms with van der Waals surface area (Å²) >= 11 is 1.53. The van der Waals surface area contributed by atoms with Crippen LogP contribution in [-0.4, -0.2) is 30.6 Å². The molecule has 4 heterocycles. The lowest BCUT2D eigenvalue weighted by atomic mass is 10.1. The van der Waals surface area contributed by atoms with Gasteiger partial charge in [0, 0.05) is 36.2 Å². The van der Waals surface area contributed by atoms with Crippen molar-refractivity contribution in [2.75, 3.05) is 29.9 Å². The molecule has 2 aromatic heterocycles. The second kappa shape index (κ2) is 7.53. The number of anilines is 2. The number of hydrogen-bond acceptors (Lipinski definition) is 5. The highest BCUT2D eigenvalue weighted by Crippen LogP contribution is 2.35. The van der Waals surface area contributed by atoms with E-state index in [1.165, 1.54) is 24.2 Å². The maximum Gasteiger partial charge on any atom is 0.265 e. The lowest BCUT2D eigenvalue weighted by Gasteiger charge is -2.20. The van der Waals surface area contributed by atoms with Crippen molar-refractivity contribution in [2.24, 2.45) is 0 Å². The van der Waals surface area contributed by atoms with Crippen molar-refractivity contribution in [1.82, 2.24) is 4.98 Å². The Labute approximate surface area is 168 Å². The van der Waals surface area contributed by atoms with E-state index in [2.05, 4.69) is 21.3 Å². The van der Waals surface area contributed by atoms with E-state index in [-0.39, 0.29) is 12.0 Å². The van der Waals surface area contributed by atoms with E-state index in [0.717, 1.165) is 59.7 Å². The minimum Gasteiger partial charge on any atom is -0.373 e. The Balaban J connectivity index is 1.42. The SMILES string of the molecule is O=C(Nc1ccc(N2CCCC2)c2ncccc12)c1ccc(C2CCCO2)s1. The van der Waals surface area contributed by atoms with Crippen LogP contribution >= 0.6 is 11.3 Å². The van der Waals surface area contributed by atoms with Crippen molar-refractivity contribution in [2.45, 2.75) is 31.8 Å². The number of nitrogens with zero attached hydrogens (tertiary/aromatic N) is 2. The molecule has 3 aromatic rings. The number of rotatable bonds is 4. The number of amides is 1. The van der Waals surface area contributed by atoms with Crippen LogP contribution in [0.1, 0.15) is 46.3 Å². The van der Waals surface area contributed by atoms with Crippen LogP contribution in [-0.2, 0) is 4.74 Å². The third kappa shape index (κ3) is 3.27. The summed E-state index contributed by atoms with van der Waals surface area (Å²) in [5, 5.41) is 4.08. The summed E-state index contributed by atoms with van der Waals surface area (Å²) in [5.41, 5.74) is 2.92. The average Bonchev–Trinajstić information content (AvgIpc) is 3.50. The molecular weight excluding hydrogens is 370 g/mol. The summed E-state index contributed by atoms with van der Waals surface area (Å²) < 4.78 is 5.74. The molecular formula is C22H23N3O2S. The standard InChI is InChI=1S/C22H23N3O2S/c26-22(20-10-9-19(28-20)18-6-4-14-27-18)24-16-7-8-17(25-12-1-2-13-25)21-15(16)5-3-11-23-21/h3,5,7-11,18H,1-2,4,6,12-14H2,(H,24,26). The molecule has 0 spiro atoms. The van der Waals surface area contributed by atoms with Gasteiger partial charge in [0.25, 0.3) is 5.91 Å². The smallest absolute Gasteiger partial charge is 0.265 e. The highest BCUT2D eigenvalue weighted by Gasteiger charge is 2.22. The van der Waals surface area contributed by atoms with Gasteiger partial charge in [-0.2, -0.15) is 0 Å². The van der Waals surface area contributed by atoms with Crippen molar-refractivity contribution in [3.05, 3.63) is 52.3 Å². The van der Waals surface area contributed by atoms with Crippen molar-refractivity contribution in [1.29, 1.82) is 0 Å². The third-order valence-electron chi connectivity index (χ3n) is 5.54. The summed E-state index contributed by atoms with van der Waals surface area (Å²) in [6.45, 7) is 2.95. The van der Waals surface area contributed by atoms with Gasteiger partial charge in [-0.1, -0.05) is 0 Å². The third-order valence-corrected chi connectivity index (χ3v) is 6.72. The molecule has 2 fully saturated rings. The van der Waals surface area contributed by atoms with Crippen molar-refractivity contribution in [3.63, 3.8) is 0 Å². The molecule has 2 aliphatic heterocycles. The second-order valence-electron chi connectivity index (χ2n) is 7.38. The quantitative estimate of drug-likeness (QED) is 0.678. The van der Waals surface area contributed by atoms with Gasteiger partial charge in [-0.15, -0.1) is 11.3 Å². The first-order valence-electron chi connectivity index (χ1n) is 9.95. The van der Waals surface area contributed by atoms with Crippen LogP contribution in [0.5, 0.6) is 0 Å². The van der Waals surface area contributed by atoms with Crippen molar-refractivity contribution < 1.29 is 9.53 Å². The molecule has 5 nitrogen and oxygen atoms in total. The molecule has 0 aliphatic carbocycles. The number of carbonyl (C=O) groups excluding carboxylic acids is 1. The van der Waals surface area contributed by atoms with Crippen LogP contribution in [0.15, 0.2) is 42.6 Å². The van der Waals surface area contributed by atoms with Gasteiger partial charge in [-0.05, 0) is 62.1 Å². The second-order valence-corrected chi connectivity index (χ2v) is 8.50. The van der Waals surface area contributed by atoms with Gasteiger partial charge in [-0.25, -0.2) is 0 Å². The van der Waals surface area contributed by atoms with Gasteiger partial charge in [-0.3, -0.25) is 9.78 Å². The number of pyridine rings is 1. The van der Waals surface area contributed by atoms with Gasteiger partial charge < -0.3 is 15.0 Å². The van der Waals surface area contributed by atoms with Crippen LogP contribution in [0.2, 0.25) is 0 Å². The molecule has 0 bridgehead atoms. The summed E-state index contributed by atoms with van der Waals surface area (Å²) in [4.78, 5) is 21.7. The van der Waals surface area contributed by atoms with Gasteiger partial charge in [0.05, 0.1) is 27.9 Å². The summed E-state index contributed by atoms with van der Waals surface area (Å²) in [6, 6.07) is 12.0. The molecule has 2 aliphatic rings. The zero-order valence-electron chi connectivity index (χ0n) is 15.7. The molecule has 6 heteroatoms. The molecule has 2 saturated heterocycles. The first kappa shape index (κ1) is 17.6. The Morgan fingerprint density at radius 3 is 2.86 bits per heavy atom. The lowest BCUT2D eigenvalue weighted by Crippen LogP contribution is -2.18. The minimum absolute atomic E-state index is 0.0756. The van der Waals surface area contributed by atoms with Crippen LogP contribution in [0, 0.1) is 0 Å². The number of nitrogens with one attached hydrogen (secondary N) is 1. The molecule has 0 radical (unpaired) electrons. The van der Waals surface area contributed by atoms with Crippen molar-refractivity contribution >= 4 is 39.5 Å². The van der Waals surface area contributed by atoms with E-state index >= 15 is 0 Å². The van der Waals surface area contributed by atoms with E-state index in [9.17, 15) is 4.79 Å². The number of fused-ring (bicyclic) bond motifs is 1. The van der Waals surface area contributed by atoms with Crippen molar-refractivity contribution in [3.8, 4) is 0 Å². The fraction of sp³-hybridized carbons (Fsp3) is 0.364. The molecule has 1 unspecified atom stereocenters. The molecule has 144 valence electrons. The number of benzene rings is 1. The Morgan fingerprint density at radius 1 is 1.14 bits per heavy atom. The fourth-order valence-corrected chi connectivity index (χ4v) is 5.10. The fourth-order valence-electron chi connectivity index (χ4n) is 4.11. The van der Waals surface area contributed by atoms with E-state index in [4.69, 9.17) is 4.74 Å². The number of aromatic nitrogens is 1. The average molecular weight is 394 g/mol. The molecule has 1 aromatic carbocycles. The lowest BCUT2D eigenvalue weighted by molar-refractivity contribution is 0.103. The zero-order chi connectivity index (χ0) is 18.9. The molecule has 0 saturated carbocycles. The Hall–Kier alpha value is -2.44. The molecule has 28 heavy (non-hydrogen) atoms. The monoisotopic (exact) mass is 393 g/mol. The predicted molar refractivity (Wildman–Crippen MR) is 113 cm³/mol. The van der Waals surface area contributed by atoms with E-state index in [1.807, 2.05) is 36.5 Å². The Morgan fingerprint density at radius 2 is 2.04 bits per heavy atom. The van der Waals surface area contributed by atoms with Gasteiger partial charge in [0.2, 0.25) is 0 Å². The largest absolute Gasteiger partial charge is 0.373 e. The van der Waals surface area contributed by atoms with Crippen LogP contribution in [0.25, 0.3) is 10.9 Å². The topological polar surface area (TPSA) is 54.5 Å². The highest BCUT2D eigenvalue weighted by molar-refractivity contribution is 7.14. The first-order chi connectivity index (χ1) is 13.8. The Kier molecular flexibility index (Phi) is 4.74. The van der Waals surface area contributed by atoms with Gasteiger partial charge >= 0.3 is 0 Å². The zero-order valence-corrected chi connectivity index (χ0v) is 16.5. The maximum absolute atomic E-state index is 12.9. The predicted octanol–water partition coefficient (Wildman–Crippen LogP) is 5.00. The van der Waals surface area contributed by atoms with Crippen LogP contribution < -0.4 is 10.2 Å². The van der Waals surface area contributed by atoms with Crippen LogP contribution in [0.3, 0.4) is 0 Å². The molecule has 5 rings (SSSR count). The maximum atomic E-state index is 12.9. The highest BCUT2D eigenvalue weighted by atomic mass is 32.1. The molecule has 1 amide bonds. The number of thiophene rings is 1. The summed E-state index contributed by atoms with van der Waals surface area (Å²) in [7, 11) is 0. The summed E-state index contributed by atoms with van der Waals surface area (Å²) in [5.74, 6) is -0.0756. The normalized spacial score (nSPS) is 19.4. The Bertz CT molecular complexity index is 1000. The number of carbonyl (C=O) groups is 1. The van der Waals surface area contributed by atoms with E-state index < -0.39 is 0 Å². The van der Waals surface area contributed by atoms with Gasteiger partial charge in [0.1, 0.15) is 0 Å². The van der Waals surface area contributed by atoms with Gasteiger partial charge in [0.15, 0.2) is 0 Å². The number of ether oxygens (including phenoxy) is 1. The number of hydrogen-bond donors (Lipinski definition) is 1. The first-order valence-corrected chi connectivity index (χ1v) is 10.8. The van der Waals surface area contributed by atoms with E-state index in [0.29, 0.717) is 4.88 Å². The minimum atomic E-state index is -0.0756.